The van der Waals surface area contributed by atoms with Crippen LogP contribution in [-0.4, -0.2) is 28.3 Å². The number of carboxylic acids is 1. The highest BCUT2D eigenvalue weighted by Crippen LogP contribution is 2.07. The van der Waals surface area contributed by atoms with Crippen molar-refractivity contribution in [2.24, 2.45) is 5.73 Å². The molecule has 0 saturated heterocycles. The molecule has 0 heterocycles. The quantitative estimate of drug-likeness (QED) is 0.664. The first-order valence-electron chi connectivity index (χ1n) is 4.41. The van der Waals surface area contributed by atoms with Crippen molar-refractivity contribution in [2.75, 3.05) is 0 Å². The van der Waals surface area contributed by atoms with Crippen LogP contribution in [0.4, 0.5) is 4.39 Å². The second-order valence-corrected chi connectivity index (χ2v) is 3.27. The lowest BCUT2D eigenvalue weighted by atomic mass is 10.0. The van der Waals surface area contributed by atoms with Gasteiger partial charge in [-0.25, -0.2) is 4.39 Å². The Kier molecular flexibility index (Phi) is 3.76. The average Bonchev–Trinajstić information content (AvgIpc) is 2.16. The first-order chi connectivity index (χ1) is 7.00. The van der Waals surface area contributed by atoms with Crippen molar-refractivity contribution in [1.29, 1.82) is 0 Å². The third-order valence-electron chi connectivity index (χ3n) is 2.03. The van der Waals surface area contributed by atoms with E-state index in [1.165, 1.54) is 18.2 Å². The molecule has 0 saturated carbocycles. The number of hydrogen-bond donors (Lipinski definition) is 3. The van der Waals surface area contributed by atoms with Gasteiger partial charge in [0.15, 0.2) is 0 Å². The van der Waals surface area contributed by atoms with E-state index in [0.717, 1.165) is 0 Å². The number of hydrogen-bond acceptors (Lipinski definition) is 3. The van der Waals surface area contributed by atoms with Crippen LogP contribution in [0.5, 0.6) is 0 Å². The van der Waals surface area contributed by atoms with E-state index in [4.69, 9.17) is 10.8 Å². The molecule has 0 aliphatic carbocycles. The Labute approximate surface area is 86.1 Å². The number of aliphatic hydroxyl groups is 1. The molecule has 1 rings (SSSR count). The first kappa shape index (κ1) is 11.6. The topological polar surface area (TPSA) is 83.6 Å². The number of carbonyl (C=O) groups is 1. The summed E-state index contributed by atoms with van der Waals surface area (Å²) in [4.78, 5) is 10.4. The van der Waals surface area contributed by atoms with Gasteiger partial charge in [-0.2, -0.15) is 0 Å². The van der Waals surface area contributed by atoms with Crippen LogP contribution in [0.2, 0.25) is 0 Å². The van der Waals surface area contributed by atoms with Gasteiger partial charge >= 0.3 is 5.97 Å². The monoisotopic (exact) mass is 213 g/mol. The minimum Gasteiger partial charge on any atom is -0.480 e. The van der Waals surface area contributed by atoms with Gasteiger partial charge in [0.25, 0.3) is 0 Å². The predicted molar refractivity (Wildman–Crippen MR) is 51.7 cm³/mol. The molecule has 1 aromatic carbocycles. The van der Waals surface area contributed by atoms with Crippen molar-refractivity contribution >= 4 is 5.97 Å². The van der Waals surface area contributed by atoms with Crippen LogP contribution in [0, 0.1) is 5.82 Å². The maximum absolute atomic E-state index is 12.7. The molecule has 15 heavy (non-hydrogen) atoms. The minimum atomic E-state index is -1.35. The number of benzene rings is 1. The zero-order chi connectivity index (χ0) is 11.4. The average molecular weight is 213 g/mol. The smallest absolute Gasteiger partial charge is 0.323 e. The normalized spacial score (nSPS) is 14.6. The molecule has 0 unspecified atom stereocenters. The fourth-order valence-corrected chi connectivity index (χ4v) is 1.20. The summed E-state index contributed by atoms with van der Waals surface area (Å²) >= 11 is 0. The van der Waals surface area contributed by atoms with Gasteiger partial charge in [-0.05, 0) is 17.7 Å². The summed E-state index contributed by atoms with van der Waals surface area (Å²) in [6.07, 6.45) is -1.20. The molecule has 0 aliphatic rings. The lowest BCUT2D eigenvalue weighted by Gasteiger charge is -2.14. The van der Waals surface area contributed by atoms with E-state index >= 15 is 0 Å². The summed E-state index contributed by atoms with van der Waals surface area (Å²) in [5, 5.41) is 17.9. The molecule has 0 spiro atoms. The van der Waals surface area contributed by atoms with Crippen molar-refractivity contribution in [3.63, 3.8) is 0 Å². The molecule has 0 fully saturated rings. The van der Waals surface area contributed by atoms with E-state index in [9.17, 15) is 14.3 Å². The van der Waals surface area contributed by atoms with Gasteiger partial charge in [-0.1, -0.05) is 12.1 Å². The van der Waals surface area contributed by atoms with Gasteiger partial charge in [0, 0.05) is 6.42 Å². The summed E-state index contributed by atoms with van der Waals surface area (Å²) in [6, 6.07) is 4.24. The largest absolute Gasteiger partial charge is 0.480 e. The van der Waals surface area contributed by atoms with Crippen molar-refractivity contribution in [2.45, 2.75) is 18.6 Å². The van der Waals surface area contributed by atoms with E-state index in [1.54, 1.807) is 6.07 Å². The Morgan fingerprint density at radius 1 is 1.53 bits per heavy atom. The molecule has 0 bridgehead atoms. The van der Waals surface area contributed by atoms with Gasteiger partial charge in [-0.15, -0.1) is 0 Å². The third-order valence-corrected chi connectivity index (χ3v) is 2.03. The van der Waals surface area contributed by atoms with E-state index < -0.39 is 23.9 Å². The van der Waals surface area contributed by atoms with E-state index in [-0.39, 0.29) is 6.42 Å². The fraction of sp³-hybridized carbons (Fsp3) is 0.300. The predicted octanol–water partition coefficient (Wildman–Crippen LogP) is 0.141. The number of carboxylic acid groups (broad SMARTS) is 1. The third kappa shape index (κ3) is 3.30. The van der Waals surface area contributed by atoms with Crippen LogP contribution in [-0.2, 0) is 11.2 Å². The van der Waals surface area contributed by atoms with E-state index in [2.05, 4.69) is 0 Å². The molecule has 0 amide bonds. The minimum absolute atomic E-state index is 0.0191. The molecule has 0 aliphatic heterocycles. The SMILES string of the molecule is N[C@H](C(=O)O)[C@@H](O)Cc1cccc(F)c1. The Bertz CT molecular complexity index is 356. The molecule has 82 valence electrons. The number of halogens is 1. The number of aliphatic hydroxyl groups excluding tert-OH is 1. The Balaban J connectivity index is 2.66. The highest BCUT2D eigenvalue weighted by molar-refractivity contribution is 5.73. The van der Waals surface area contributed by atoms with E-state index in [0.29, 0.717) is 5.56 Å². The molecular weight excluding hydrogens is 201 g/mol. The molecule has 5 heteroatoms. The maximum atomic E-state index is 12.7. The highest BCUT2D eigenvalue weighted by Gasteiger charge is 2.21. The Hall–Kier alpha value is -1.46. The molecular formula is C10H12FNO3. The van der Waals surface area contributed by atoms with Crippen LogP contribution in [0.1, 0.15) is 5.56 Å². The van der Waals surface area contributed by atoms with Crippen LogP contribution in [0.3, 0.4) is 0 Å². The van der Waals surface area contributed by atoms with Crippen molar-refractivity contribution in [3.05, 3.63) is 35.6 Å². The fourth-order valence-electron chi connectivity index (χ4n) is 1.20. The number of nitrogens with two attached hydrogens (primary N) is 1. The summed E-state index contributed by atoms with van der Waals surface area (Å²) in [7, 11) is 0. The Morgan fingerprint density at radius 2 is 2.20 bits per heavy atom. The number of rotatable bonds is 4. The second kappa shape index (κ2) is 4.86. The lowest BCUT2D eigenvalue weighted by molar-refractivity contribution is -0.141. The summed E-state index contributed by atoms with van der Waals surface area (Å²) in [6.45, 7) is 0. The zero-order valence-electron chi connectivity index (χ0n) is 7.93. The van der Waals surface area contributed by atoms with Gasteiger partial charge in [0.2, 0.25) is 0 Å². The van der Waals surface area contributed by atoms with Crippen molar-refractivity contribution < 1.29 is 19.4 Å². The van der Waals surface area contributed by atoms with Gasteiger partial charge in [0.1, 0.15) is 11.9 Å². The van der Waals surface area contributed by atoms with Crippen molar-refractivity contribution in [3.8, 4) is 0 Å². The summed E-state index contributed by atoms with van der Waals surface area (Å²) in [5.74, 6) is -1.71. The summed E-state index contributed by atoms with van der Waals surface area (Å²) < 4.78 is 12.7. The zero-order valence-corrected chi connectivity index (χ0v) is 7.93. The molecule has 4 nitrogen and oxygen atoms in total. The van der Waals surface area contributed by atoms with E-state index in [1.807, 2.05) is 0 Å². The maximum Gasteiger partial charge on any atom is 0.323 e. The standard InChI is InChI=1S/C10H12FNO3/c11-7-3-1-2-6(4-7)5-8(13)9(12)10(14)15/h1-4,8-9,13H,5,12H2,(H,14,15)/t8-,9-/m0/s1. The first-order valence-corrected chi connectivity index (χ1v) is 4.41. The van der Waals surface area contributed by atoms with Gasteiger partial charge in [-0.3, -0.25) is 4.79 Å². The molecule has 0 radical (unpaired) electrons. The van der Waals surface area contributed by atoms with Crippen LogP contribution in [0.15, 0.2) is 24.3 Å². The second-order valence-electron chi connectivity index (χ2n) is 3.27. The lowest BCUT2D eigenvalue weighted by Crippen LogP contribution is -2.42. The van der Waals surface area contributed by atoms with Crippen molar-refractivity contribution in [1.82, 2.24) is 0 Å². The Morgan fingerprint density at radius 3 is 2.73 bits per heavy atom. The van der Waals surface area contributed by atoms with Crippen LogP contribution < -0.4 is 5.73 Å². The molecule has 4 N–H and O–H groups in total. The van der Waals surface area contributed by atoms with Gasteiger partial charge < -0.3 is 15.9 Å². The molecule has 2 atom stereocenters. The summed E-state index contributed by atoms with van der Waals surface area (Å²) in [5.41, 5.74) is 5.72. The number of aliphatic carboxylic acids is 1. The molecule has 0 aromatic heterocycles. The highest BCUT2D eigenvalue weighted by atomic mass is 19.1. The van der Waals surface area contributed by atoms with Crippen LogP contribution >= 0.6 is 0 Å². The molecule has 1 aromatic rings. The van der Waals surface area contributed by atoms with Gasteiger partial charge in [0.05, 0.1) is 6.10 Å². The van der Waals surface area contributed by atoms with Crippen LogP contribution in [0.25, 0.3) is 0 Å².